The quantitative estimate of drug-likeness (QED) is 0.932. The summed E-state index contributed by atoms with van der Waals surface area (Å²) in [6, 6.07) is 3.68. The van der Waals surface area contributed by atoms with E-state index in [0.717, 1.165) is 42.6 Å². The largest absolute Gasteiger partial charge is 0.493 e. The summed E-state index contributed by atoms with van der Waals surface area (Å²) in [7, 11) is 0. The van der Waals surface area contributed by atoms with Crippen LogP contribution in [0.1, 0.15) is 43.2 Å². The Kier molecular flexibility index (Phi) is 3.74. The van der Waals surface area contributed by atoms with E-state index in [0.29, 0.717) is 24.5 Å². The average Bonchev–Trinajstić information content (AvgIpc) is 2.87. The summed E-state index contributed by atoms with van der Waals surface area (Å²) in [5, 5.41) is 11.1. The Morgan fingerprint density at radius 1 is 1.30 bits per heavy atom. The highest BCUT2D eigenvalue weighted by molar-refractivity contribution is 6.30. The number of fused-ring (bicyclic) bond motifs is 1. The second-order valence-electron chi connectivity index (χ2n) is 5.84. The third-order valence-corrected chi connectivity index (χ3v) is 4.59. The molecular weight excluding hydrogens is 276 g/mol. The zero-order valence-electron chi connectivity index (χ0n) is 11.5. The molecule has 4 heteroatoms. The molecule has 20 heavy (non-hydrogen) atoms. The fourth-order valence-electron chi connectivity index (χ4n) is 3.23. The molecule has 1 fully saturated rings. The topological polar surface area (TPSA) is 46.5 Å². The van der Waals surface area contributed by atoms with Gasteiger partial charge in [-0.05, 0) is 30.5 Å². The fourth-order valence-corrected chi connectivity index (χ4v) is 3.49. The maximum absolute atomic E-state index is 12.5. The highest BCUT2D eigenvalue weighted by Gasteiger charge is 2.37. The Balaban J connectivity index is 1.83. The fraction of sp³-hybridized carbons (Fsp3) is 0.562. The first-order valence-corrected chi connectivity index (χ1v) is 7.66. The maximum Gasteiger partial charge on any atom is 0.168 e. The van der Waals surface area contributed by atoms with Crippen molar-refractivity contribution >= 4 is 17.4 Å². The molecular formula is C16H19ClO3. The number of aliphatic hydroxyl groups is 1. The van der Waals surface area contributed by atoms with Gasteiger partial charge in [-0.1, -0.05) is 30.9 Å². The van der Waals surface area contributed by atoms with E-state index in [-0.39, 0.29) is 12.2 Å². The predicted octanol–water partition coefficient (Wildman–Crippen LogP) is 3.08. The van der Waals surface area contributed by atoms with E-state index in [1.54, 1.807) is 6.07 Å². The van der Waals surface area contributed by atoms with Crippen molar-refractivity contribution in [1.82, 2.24) is 0 Å². The van der Waals surface area contributed by atoms with Gasteiger partial charge >= 0.3 is 0 Å². The van der Waals surface area contributed by atoms with E-state index in [4.69, 9.17) is 16.3 Å². The molecule has 0 amide bonds. The van der Waals surface area contributed by atoms with Crippen LogP contribution in [0.3, 0.4) is 0 Å². The van der Waals surface area contributed by atoms with Gasteiger partial charge in [-0.3, -0.25) is 4.79 Å². The van der Waals surface area contributed by atoms with Crippen LogP contribution in [0.2, 0.25) is 5.02 Å². The van der Waals surface area contributed by atoms with Crippen molar-refractivity contribution in [3.05, 3.63) is 28.3 Å². The normalized spacial score (nSPS) is 20.3. The third kappa shape index (κ3) is 2.57. The molecule has 1 aromatic rings. The molecule has 0 saturated heterocycles. The Morgan fingerprint density at radius 2 is 2.05 bits per heavy atom. The van der Waals surface area contributed by atoms with Crippen molar-refractivity contribution < 1.29 is 14.6 Å². The van der Waals surface area contributed by atoms with E-state index in [1.165, 1.54) is 0 Å². The molecule has 0 bridgehead atoms. The number of hydrogen-bond donors (Lipinski definition) is 1. The molecule has 1 N–H and O–H groups in total. The lowest BCUT2D eigenvalue weighted by Gasteiger charge is -2.30. The number of ketones is 1. The van der Waals surface area contributed by atoms with Crippen LogP contribution in [0.4, 0.5) is 0 Å². The lowest BCUT2D eigenvalue weighted by molar-refractivity contribution is -0.139. The average molecular weight is 295 g/mol. The minimum absolute atomic E-state index is 0.0998. The Labute approximate surface area is 123 Å². The summed E-state index contributed by atoms with van der Waals surface area (Å²) in [6.07, 6.45) is 5.15. The molecule has 1 saturated carbocycles. The number of rotatable bonds is 3. The molecule has 2 aliphatic rings. The number of benzene rings is 1. The second kappa shape index (κ2) is 5.38. The van der Waals surface area contributed by atoms with Crippen LogP contribution < -0.4 is 4.74 Å². The third-order valence-electron chi connectivity index (χ3n) is 4.38. The van der Waals surface area contributed by atoms with Gasteiger partial charge in [-0.15, -0.1) is 0 Å². The second-order valence-corrected chi connectivity index (χ2v) is 6.28. The Hall–Kier alpha value is -1.06. The van der Waals surface area contributed by atoms with Crippen LogP contribution in [-0.4, -0.2) is 23.1 Å². The summed E-state index contributed by atoms with van der Waals surface area (Å²) in [5.41, 5.74) is 0.733. The van der Waals surface area contributed by atoms with Crippen LogP contribution in [-0.2, 0) is 17.6 Å². The van der Waals surface area contributed by atoms with Gasteiger partial charge in [0.25, 0.3) is 0 Å². The maximum atomic E-state index is 12.5. The van der Waals surface area contributed by atoms with Crippen LogP contribution in [0.25, 0.3) is 0 Å². The monoisotopic (exact) mass is 294 g/mol. The summed E-state index contributed by atoms with van der Waals surface area (Å²) in [6.45, 7) is 0.640. The first-order valence-electron chi connectivity index (χ1n) is 7.28. The van der Waals surface area contributed by atoms with Crippen LogP contribution >= 0.6 is 11.6 Å². The van der Waals surface area contributed by atoms with E-state index in [1.807, 2.05) is 6.07 Å². The van der Waals surface area contributed by atoms with E-state index in [9.17, 15) is 9.90 Å². The molecule has 0 atom stereocenters. The lowest BCUT2D eigenvalue weighted by Crippen LogP contribution is -2.41. The number of ether oxygens (including phenoxy) is 1. The molecule has 0 radical (unpaired) electrons. The van der Waals surface area contributed by atoms with E-state index >= 15 is 0 Å². The van der Waals surface area contributed by atoms with Crippen molar-refractivity contribution in [2.45, 2.75) is 50.5 Å². The predicted molar refractivity (Wildman–Crippen MR) is 77.4 cm³/mol. The van der Waals surface area contributed by atoms with Crippen LogP contribution in [0, 0.1) is 0 Å². The molecule has 1 aliphatic carbocycles. The lowest BCUT2D eigenvalue weighted by atomic mass is 9.80. The number of Topliss-reactive ketones (excluding diaryl/α,β-unsaturated/α-hetero) is 1. The van der Waals surface area contributed by atoms with Crippen LogP contribution in [0.5, 0.6) is 5.75 Å². The first-order chi connectivity index (χ1) is 9.58. The minimum atomic E-state index is -1.15. The number of carbonyl (C=O) groups is 1. The highest BCUT2D eigenvalue weighted by Crippen LogP contribution is 2.35. The van der Waals surface area contributed by atoms with Gasteiger partial charge in [0.15, 0.2) is 5.78 Å². The van der Waals surface area contributed by atoms with Gasteiger partial charge in [0.05, 0.1) is 6.61 Å². The molecule has 1 aromatic carbocycles. The van der Waals surface area contributed by atoms with Crippen molar-refractivity contribution in [1.29, 1.82) is 0 Å². The highest BCUT2D eigenvalue weighted by atomic mass is 35.5. The van der Waals surface area contributed by atoms with Gasteiger partial charge in [-0.25, -0.2) is 0 Å². The van der Waals surface area contributed by atoms with Crippen molar-refractivity contribution in [3.8, 4) is 5.75 Å². The molecule has 0 aromatic heterocycles. The summed E-state index contributed by atoms with van der Waals surface area (Å²) in [5.74, 6) is 0.694. The molecule has 3 rings (SSSR count). The van der Waals surface area contributed by atoms with Gasteiger partial charge in [-0.2, -0.15) is 0 Å². The van der Waals surface area contributed by atoms with Crippen LogP contribution in [0.15, 0.2) is 12.1 Å². The van der Waals surface area contributed by atoms with Gasteiger partial charge in [0.1, 0.15) is 11.4 Å². The zero-order valence-corrected chi connectivity index (χ0v) is 12.2. The molecule has 0 spiro atoms. The zero-order chi connectivity index (χ0) is 14.2. The number of halogens is 1. The molecule has 108 valence electrons. The standard InChI is InChI=1S/C16H19ClO3/c17-13-8-11-4-7-20-15(11)12(9-13)10-14(18)16(19)5-2-1-3-6-16/h8-9,19H,1-7,10H2. The molecule has 0 unspecified atom stereocenters. The smallest absolute Gasteiger partial charge is 0.168 e. The van der Waals surface area contributed by atoms with Crippen molar-refractivity contribution in [2.24, 2.45) is 0 Å². The molecule has 3 nitrogen and oxygen atoms in total. The van der Waals surface area contributed by atoms with Gasteiger partial charge < -0.3 is 9.84 Å². The van der Waals surface area contributed by atoms with E-state index < -0.39 is 5.60 Å². The summed E-state index contributed by atoms with van der Waals surface area (Å²) >= 11 is 6.10. The number of carbonyl (C=O) groups excluding carboxylic acids is 1. The van der Waals surface area contributed by atoms with Gasteiger partial charge in [0.2, 0.25) is 0 Å². The molecule has 1 aliphatic heterocycles. The Bertz CT molecular complexity index is 533. The Morgan fingerprint density at radius 3 is 2.80 bits per heavy atom. The number of hydrogen-bond acceptors (Lipinski definition) is 3. The van der Waals surface area contributed by atoms with Crippen molar-refractivity contribution in [2.75, 3.05) is 6.61 Å². The molecule has 1 heterocycles. The van der Waals surface area contributed by atoms with Gasteiger partial charge in [0, 0.05) is 23.4 Å². The summed E-state index contributed by atoms with van der Waals surface area (Å²) < 4.78 is 5.61. The summed E-state index contributed by atoms with van der Waals surface area (Å²) in [4.78, 5) is 12.5. The van der Waals surface area contributed by atoms with E-state index in [2.05, 4.69) is 0 Å². The minimum Gasteiger partial charge on any atom is -0.493 e. The van der Waals surface area contributed by atoms with Crippen molar-refractivity contribution in [3.63, 3.8) is 0 Å². The SMILES string of the molecule is O=C(Cc1cc(Cl)cc2c1OCC2)C1(O)CCCCC1. The first kappa shape index (κ1) is 13.9.